The molecule has 4 unspecified atom stereocenters. The number of fused-ring (bicyclic) bond motifs is 1. The molecular weight excluding hydrogens is 699 g/mol. The number of ether oxygens (including phenoxy) is 1. The lowest BCUT2D eigenvalue weighted by Crippen LogP contribution is -2.58. The average Bonchev–Trinajstić information content (AvgIpc) is 3.20. The first-order chi connectivity index (χ1) is 26.5. The smallest absolute Gasteiger partial charge is 0.408 e. The predicted molar refractivity (Wildman–Crippen MR) is 212 cm³/mol. The number of aliphatic hydroxyl groups is 2. The zero-order valence-corrected chi connectivity index (χ0v) is 32.1. The average molecular weight is 754 g/mol. The largest absolute Gasteiger partial charge is 0.445 e. The van der Waals surface area contributed by atoms with Crippen LogP contribution in [0.5, 0.6) is 0 Å². The van der Waals surface area contributed by atoms with Crippen LogP contribution in [0.1, 0.15) is 63.6 Å². The van der Waals surface area contributed by atoms with Crippen molar-refractivity contribution in [3.63, 3.8) is 0 Å². The molecule has 4 amide bonds. The second-order valence-electron chi connectivity index (χ2n) is 14.2. The summed E-state index contributed by atoms with van der Waals surface area (Å²) in [6.45, 7) is 7.42. The zero-order chi connectivity index (χ0) is 39.7. The Morgan fingerprint density at radius 2 is 1.38 bits per heavy atom. The van der Waals surface area contributed by atoms with Crippen LogP contribution >= 0.6 is 0 Å². The van der Waals surface area contributed by atoms with Gasteiger partial charge in [-0.3, -0.25) is 19.4 Å². The summed E-state index contributed by atoms with van der Waals surface area (Å²) in [7, 11) is 0. The number of carbonyl (C=O) groups excluding carboxylic acids is 4. The Labute approximate surface area is 323 Å². The molecule has 4 aromatic rings. The third kappa shape index (κ3) is 12.9. The van der Waals surface area contributed by atoms with Crippen LogP contribution in [-0.4, -0.2) is 75.9 Å². The van der Waals surface area contributed by atoms with Gasteiger partial charge in [-0.1, -0.05) is 119 Å². The van der Waals surface area contributed by atoms with Crippen LogP contribution < -0.4 is 21.3 Å². The highest BCUT2D eigenvalue weighted by Crippen LogP contribution is 2.21. The topological polar surface area (TPSA) is 179 Å². The van der Waals surface area contributed by atoms with Crippen LogP contribution in [0, 0.1) is 11.8 Å². The third-order valence-electron chi connectivity index (χ3n) is 10.2. The molecule has 1 aromatic heterocycles. The summed E-state index contributed by atoms with van der Waals surface area (Å²) in [6, 6.07) is 22.6. The number of pyridine rings is 1. The number of alkyl carbamates (subject to hydrolysis) is 1. The fourth-order valence-corrected chi connectivity index (χ4v) is 6.41. The first-order valence-corrected chi connectivity index (χ1v) is 19.0. The van der Waals surface area contributed by atoms with E-state index < -0.39 is 54.1 Å². The predicted octanol–water partition coefficient (Wildman–Crippen LogP) is 4.60. The zero-order valence-electron chi connectivity index (χ0n) is 32.1. The second-order valence-corrected chi connectivity index (χ2v) is 14.2. The van der Waals surface area contributed by atoms with Gasteiger partial charge in [0.1, 0.15) is 18.7 Å². The van der Waals surface area contributed by atoms with Crippen LogP contribution in [0.3, 0.4) is 0 Å². The van der Waals surface area contributed by atoms with Crippen molar-refractivity contribution in [1.82, 2.24) is 26.3 Å². The molecule has 12 nitrogen and oxygen atoms in total. The van der Waals surface area contributed by atoms with Gasteiger partial charge < -0.3 is 36.2 Å². The molecule has 0 radical (unpaired) electrons. The van der Waals surface area contributed by atoms with Crippen LogP contribution in [0.4, 0.5) is 4.79 Å². The lowest BCUT2D eigenvalue weighted by Gasteiger charge is -2.31. The van der Waals surface area contributed by atoms with Crippen molar-refractivity contribution in [2.24, 2.45) is 11.8 Å². The lowest BCUT2D eigenvalue weighted by atomic mass is 9.91. The highest BCUT2D eigenvalue weighted by Gasteiger charge is 2.33. The summed E-state index contributed by atoms with van der Waals surface area (Å²) < 4.78 is 5.49. The molecule has 12 heteroatoms. The van der Waals surface area contributed by atoms with Crippen LogP contribution in [0.2, 0.25) is 0 Å². The number of amides is 4. The van der Waals surface area contributed by atoms with E-state index in [4.69, 9.17) is 4.74 Å². The molecule has 7 atom stereocenters. The van der Waals surface area contributed by atoms with Crippen molar-refractivity contribution in [1.29, 1.82) is 0 Å². The maximum atomic E-state index is 14.3. The molecule has 0 spiro atoms. The number of hydrogen-bond acceptors (Lipinski definition) is 8. The Bertz CT molecular complexity index is 1820. The Hall–Kier alpha value is -5.33. The van der Waals surface area contributed by atoms with Gasteiger partial charge in [0.2, 0.25) is 17.7 Å². The van der Waals surface area contributed by atoms with E-state index in [1.165, 1.54) is 0 Å². The fourth-order valence-electron chi connectivity index (χ4n) is 6.41. The molecule has 0 aliphatic heterocycles. The Morgan fingerprint density at radius 3 is 2.07 bits per heavy atom. The summed E-state index contributed by atoms with van der Waals surface area (Å²) in [5.41, 5.74) is 2.26. The molecule has 0 saturated heterocycles. The number of aromatic nitrogens is 1. The summed E-state index contributed by atoms with van der Waals surface area (Å²) >= 11 is 0. The van der Waals surface area contributed by atoms with Gasteiger partial charge in [0.05, 0.1) is 31.2 Å². The van der Waals surface area contributed by atoms with Gasteiger partial charge in [0.15, 0.2) is 0 Å². The van der Waals surface area contributed by atoms with Gasteiger partial charge >= 0.3 is 6.09 Å². The number of nitrogens with one attached hydrogen (secondary N) is 4. The molecule has 6 N–H and O–H groups in total. The lowest BCUT2D eigenvalue weighted by molar-refractivity contribution is -0.131. The van der Waals surface area contributed by atoms with E-state index in [1.807, 2.05) is 100 Å². The van der Waals surface area contributed by atoms with E-state index in [9.17, 15) is 29.4 Å². The minimum atomic E-state index is -1.26. The minimum absolute atomic E-state index is 0.00302. The molecule has 294 valence electrons. The molecule has 0 saturated carbocycles. The van der Waals surface area contributed by atoms with E-state index in [0.717, 1.165) is 28.3 Å². The molecule has 3 aromatic carbocycles. The van der Waals surface area contributed by atoms with E-state index in [-0.39, 0.29) is 44.3 Å². The minimum Gasteiger partial charge on any atom is -0.445 e. The number of carbonyl (C=O) groups is 4. The number of hydrogen-bond donors (Lipinski definition) is 6. The van der Waals surface area contributed by atoms with Gasteiger partial charge in [0.25, 0.3) is 0 Å². The standard InChI is InChI=1S/C43H55N5O7/c1-5-28(3)37(26-49)45-39(51)24-38(50)40(29(4)6-2)48-42(53)35(22-31-16-13-21-44-25-31)46-41(52)36(47-43(54)55-27-30-14-8-7-9-15-30)23-33-19-12-18-32-17-10-11-20-34(32)33/h7-21,25,28-29,35-38,40,49-50H,5-6,22-24,26-27H2,1-4H3,(H,45,51)(H,46,52)(H,47,54)(H,48,53)/t28?,29?,35-,36-,37+,38?,40?/m0/s1. The number of aliphatic hydroxyl groups excluding tert-OH is 2. The van der Waals surface area contributed by atoms with Crippen LogP contribution in [-0.2, 0) is 38.6 Å². The van der Waals surface area contributed by atoms with Crippen molar-refractivity contribution >= 4 is 34.6 Å². The van der Waals surface area contributed by atoms with Gasteiger partial charge in [-0.05, 0) is 45.4 Å². The highest BCUT2D eigenvalue weighted by molar-refractivity contribution is 5.93. The van der Waals surface area contributed by atoms with E-state index in [1.54, 1.807) is 24.5 Å². The van der Waals surface area contributed by atoms with Crippen molar-refractivity contribution in [2.75, 3.05) is 6.61 Å². The van der Waals surface area contributed by atoms with E-state index in [0.29, 0.717) is 12.0 Å². The molecule has 55 heavy (non-hydrogen) atoms. The Kier molecular flexibility index (Phi) is 16.6. The molecule has 0 bridgehead atoms. The Morgan fingerprint density at radius 1 is 0.727 bits per heavy atom. The maximum absolute atomic E-state index is 14.3. The molecule has 0 aliphatic rings. The van der Waals surface area contributed by atoms with Gasteiger partial charge in [0, 0.05) is 25.2 Å². The molecule has 1 heterocycles. The first-order valence-electron chi connectivity index (χ1n) is 19.0. The SMILES string of the molecule is CCC(C)C(NC(=O)[C@H](Cc1cccnc1)NC(=O)[C@H](Cc1cccc2ccccc12)NC(=O)OCc1ccccc1)C(O)CC(=O)N[C@H](CO)C(C)CC. The van der Waals surface area contributed by atoms with Crippen molar-refractivity contribution in [2.45, 2.75) is 96.7 Å². The third-order valence-corrected chi connectivity index (χ3v) is 10.2. The number of benzene rings is 3. The van der Waals surface area contributed by atoms with Gasteiger partial charge in [-0.15, -0.1) is 0 Å². The van der Waals surface area contributed by atoms with Crippen molar-refractivity contribution < 1.29 is 34.1 Å². The number of nitrogens with zero attached hydrogens (tertiary/aromatic N) is 1. The van der Waals surface area contributed by atoms with Crippen molar-refractivity contribution in [3.05, 3.63) is 114 Å². The summed E-state index contributed by atoms with van der Waals surface area (Å²) in [5, 5.41) is 34.4. The van der Waals surface area contributed by atoms with E-state index >= 15 is 0 Å². The number of rotatable bonds is 20. The summed E-state index contributed by atoms with van der Waals surface area (Å²) in [4.78, 5) is 58.8. The normalized spacial score (nSPS) is 15.0. The van der Waals surface area contributed by atoms with Gasteiger partial charge in [-0.2, -0.15) is 0 Å². The fraction of sp³-hybridized carbons (Fsp3) is 0.419. The summed E-state index contributed by atoms with van der Waals surface area (Å²) in [6.07, 6.45) is 2.33. The first kappa shape index (κ1) is 42.4. The maximum Gasteiger partial charge on any atom is 0.408 e. The van der Waals surface area contributed by atoms with Gasteiger partial charge in [-0.25, -0.2) is 4.79 Å². The molecule has 4 rings (SSSR count). The van der Waals surface area contributed by atoms with Crippen molar-refractivity contribution in [3.8, 4) is 0 Å². The molecular formula is C43H55N5O7. The monoisotopic (exact) mass is 753 g/mol. The highest BCUT2D eigenvalue weighted by atomic mass is 16.5. The second kappa shape index (κ2) is 21.5. The Balaban J connectivity index is 1.58. The quantitative estimate of drug-likeness (QED) is 0.0758. The molecule has 0 aliphatic carbocycles. The van der Waals surface area contributed by atoms with Crippen LogP contribution in [0.15, 0.2) is 97.3 Å². The summed E-state index contributed by atoms with van der Waals surface area (Å²) in [5.74, 6) is -1.86. The van der Waals surface area contributed by atoms with Crippen LogP contribution in [0.25, 0.3) is 10.8 Å². The molecule has 0 fully saturated rings. The van der Waals surface area contributed by atoms with E-state index in [2.05, 4.69) is 26.3 Å².